The molecule has 1 atom stereocenters. The van der Waals surface area contributed by atoms with E-state index in [1.807, 2.05) is 13.1 Å². The van der Waals surface area contributed by atoms with E-state index in [9.17, 15) is 4.79 Å². The number of rotatable bonds is 1. The van der Waals surface area contributed by atoms with Gasteiger partial charge in [-0.1, -0.05) is 19.3 Å². The first-order valence-electron chi connectivity index (χ1n) is 9.11. The third-order valence-electron chi connectivity index (χ3n) is 5.96. The summed E-state index contributed by atoms with van der Waals surface area (Å²) in [5.74, 6) is 1.47. The molecule has 2 fully saturated rings. The zero-order chi connectivity index (χ0) is 15.9. The van der Waals surface area contributed by atoms with E-state index in [2.05, 4.69) is 14.5 Å². The van der Waals surface area contributed by atoms with Crippen molar-refractivity contribution in [3.05, 3.63) is 17.7 Å². The van der Waals surface area contributed by atoms with Crippen LogP contribution in [0.2, 0.25) is 0 Å². The molecular weight excluding hydrogens is 290 g/mol. The molecule has 1 aromatic rings. The van der Waals surface area contributed by atoms with Crippen LogP contribution in [0.4, 0.5) is 0 Å². The van der Waals surface area contributed by atoms with E-state index < -0.39 is 0 Å². The van der Waals surface area contributed by atoms with Crippen LogP contribution in [-0.4, -0.2) is 45.7 Å². The summed E-state index contributed by atoms with van der Waals surface area (Å²) in [5.41, 5.74) is 1.23. The van der Waals surface area contributed by atoms with Crippen LogP contribution in [0.15, 0.2) is 6.20 Å². The van der Waals surface area contributed by atoms with Gasteiger partial charge in [0.1, 0.15) is 5.82 Å². The van der Waals surface area contributed by atoms with Crippen LogP contribution >= 0.6 is 0 Å². The highest BCUT2D eigenvalue weighted by molar-refractivity contribution is 5.79. The van der Waals surface area contributed by atoms with E-state index in [-0.39, 0.29) is 11.5 Å². The Morgan fingerprint density at radius 2 is 2.17 bits per heavy atom. The lowest BCUT2D eigenvalue weighted by Crippen LogP contribution is -2.56. The highest BCUT2D eigenvalue weighted by atomic mass is 16.5. The molecule has 0 bridgehead atoms. The molecule has 5 nitrogen and oxygen atoms in total. The summed E-state index contributed by atoms with van der Waals surface area (Å²) < 4.78 is 8.35. The van der Waals surface area contributed by atoms with Gasteiger partial charge in [0.05, 0.1) is 18.1 Å². The van der Waals surface area contributed by atoms with Crippen LogP contribution in [-0.2, 0) is 22.5 Å². The highest BCUT2D eigenvalue weighted by Gasteiger charge is 2.40. The number of hydrogen-bond acceptors (Lipinski definition) is 3. The van der Waals surface area contributed by atoms with Crippen molar-refractivity contribution in [1.29, 1.82) is 0 Å². The Morgan fingerprint density at radius 3 is 3.00 bits per heavy atom. The first kappa shape index (κ1) is 15.2. The second kappa shape index (κ2) is 5.93. The molecule has 1 spiro atoms. The van der Waals surface area contributed by atoms with Gasteiger partial charge in [0.15, 0.2) is 0 Å². The maximum absolute atomic E-state index is 13.1. The number of imidazole rings is 1. The summed E-state index contributed by atoms with van der Waals surface area (Å²) in [6.07, 6.45) is 9.90. The van der Waals surface area contributed by atoms with Crippen molar-refractivity contribution in [3.8, 4) is 0 Å². The molecule has 3 aliphatic rings. The van der Waals surface area contributed by atoms with Crippen LogP contribution in [0.25, 0.3) is 0 Å². The SMILES string of the molecule is Cc1ncc2n1CC(C(=O)N1CCOC3(CCCCC3)C1)CC2. The molecule has 2 aliphatic heterocycles. The van der Waals surface area contributed by atoms with E-state index in [1.54, 1.807) is 0 Å². The average Bonchev–Trinajstić information content (AvgIpc) is 2.96. The molecule has 1 saturated carbocycles. The number of ether oxygens (including phenoxy) is 1. The molecule has 1 unspecified atom stereocenters. The summed E-state index contributed by atoms with van der Waals surface area (Å²) in [7, 11) is 0. The number of fused-ring (bicyclic) bond motifs is 1. The Balaban J connectivity index is 1.45. The van der Waals surface area contributed by atoms with Gasteiger partial charge < -0.3 is 14.2 Å². The molecule has 1 aliphatic carbocycles. The molecule has 1 aromatic heterocycles. The maximum atomic E-state index is 13.1. The summed E-state index contributed by atoms with van der Waals surface area (Å²) in [6.45, 7) is 5.09. The van der Waals surface area contributed by atoms with Gasteiger partial charge in [-0.05, 0) is 32.6 Å². The topological polar surface area (TPSA) is 47.4 Å². The quantitative estimate of drug-likeness (QED) is 0.798. The van der Waals surface area contributed by atoms with Gasteiger partial charge in [-0.25, -0.2) is 4.98 Å². The van der Waals surface area contributed by atoms with Gasteiger partial charge in [0.2, 0.25) is 5.91 Å². The fraction of sp³-hybridized carbons (Fsp3) is 0.778. The summed E-state index contributed by atoms with van der Waals surface area (Å²) >= 11 is 0. The van der Waals surface area contributed by atoms with Gasteiger partial charge in [0, 0.05) is 31.5 Å². The van der Waals surface area contributed by atoms with Crippen LogP contribution in [0.5, 0.6) is 0 Å². The standard InChI is InChI=1S/C18H27N3O2/c1-14-19-11-16-6-5-15(12-21(14)16)17(22)20-9-10-23-18(13-20)7-3-2-4-8-18/h11,15H,2-10,12-13H2,1H3. The number of morpholine rings is 1. The zero-order valence-corrected chi connectivity index (χ0v) is 14.1. The Labute approximate surface area is 138 Å². The fourth-order valence-corrected chi connectivity index (χ4v) is 4.59. The summed E-state index contributed by atoms with van der Waals surface area (Å²) in [6, 6.07) is 0. The van der Waals surface area contributed by atoms with Gasteiger partial charge in [-0.15, -0.1) is 0 Å². The minimum absolute atomic E-state index is 0.0447. The number of amides is 1. The summed E-state index contributed by atoms with van der Waals surface area (Å²) in [4.78, 5) is 19.5. The zero-order valence-electron chi connectivity index (χ0n) is 14.1. The lowest BCUT2D eigenvalue weighted by atomic mass is 9.83. The van der Waals surface area contributed by atoms with Crippen molar-refractivity contribution in [2.45, 2.75) is 64.0 Å². The third-order valence-corrected chi connectivity index (χ3v) is 5.96. The average molecular weight is 317 g/mol. The number of aryl methyl sites for hydroxylation is 2. The molecule has 126 valence electrons. The number of aromatic nitrogens is 2. The monoisotopic (exact) mass is 317 g/mol. The molecule has 1 saturated heterocycles. The second-order valence-electron chi connectivity index (χ2n) is 7.49. The Bertz CT molecular complexity index is 584. The highest BCUT2D eigenvalue weighted by Crippen LogP contribution is 2.35. The molecule has 3 heterocycles. The van der Waals surface area contributed by atoms with Gasteiger partial charge in [-0.3, -0.25) is 4.79 Å². The van der Waals surface area contributed by atoms with E-state index in [0.29, 0.717) is 12.5 Å². The van der Waals surface area contributed by atoms with Gasteiger partial charge >= 0.3 is 0 Å². The number of carbonyl (C=O) groups excluding carboxylic acids is 1. The Hall–Kier alpha value is -1.36. The van der Waals surface area contributed by atoms with Crippen molar-refractivity contribution < 1.29 is 9.53 Å². The molecule has 0 aromatic carbocycles. The maximum Gasteiger partial charge on any atom is 0.227 e. The van der Waals surface area contributed by atoms with Gasteiger partial charge in [0.25, 0.3) is 0 Å². The smallest absolute Gasteiger partial charge is 0.227 e. The molecule has 0 N–H and O–H groups in total. The van der Waals surface area contributed by atoms with Crippen LogP contribution in [0.1, 0.15) is 50.0 Å². The molecule has 4 rings (SSSR count). The predicted octanol–water partition coefficient (Wildman–Crippen LogP) is 2.32. The van der Waals surface area contributed by atoms with Crippen molar-refractivity contribution in [1.82, 2.24) is 14.5 Å². The molecule has 23 heavy (non-hydrogen) atoms. The lowest BCUT2D eigenvalue weighted by Gasteiger charge is -2.46. The first-order valence-corrected chi connectivity index (χ1v) is 9.11. The molecule has 5 heteroatoms. The van der Waals surface area contributed by atoms with Crippen molar-refractivity contribution >= 4 is 5.91 Å². The fourth-order valence-electron chi connectivity index (χ4n) is 4.59. The van der Waals surface area contributed by atoms with Crippen molar-refractivity contribution in [2.24, 2.45) is 5.92 Å². The van der Waals surface area contributed by atoms with E-state index in [0.717, 1.165) is 51.1 Å². The van der Waals surface area contributed by atoms with Crippen LogP contribution in [0.3, 0.4) is 0 Å². The van der Waals surface area contributed by atoms with E-state index in [1.165, 1.54) is 25.0 Å². The minimum atomic E-state index is -0.0447. The molecule has 1 amide bonds. The predicted molar refractivity (Wildman–Crippen MR) is 87.1 cm³/mol. The van der Waals surface area contributed by atoms with E-state index >= 15 is 0 Å². The molecular formula is C18H27N3O2. The van der Waals surface area contributed by atoms with Gasteiger partial charge in [-0.2, -0.15) is 0 Å². The second-order valence-corrected chi connectivity index (χ2v) is 7.49. The normalized spacial score (nSPS) is 27.0. The van der Waals surface area contributed by atoms with E-state index in [4.69, 9.17) is 4.74 Å². The molecule has 0 radical (unpaired) electrons. The Kier molecular flexibility index (Phi) is 3.92. The lowest BCUT2D eigenvalue weighted by molar-refractivity contribution is -0.160. The number of hydrogen-bond donors (Lipinski definition) is 0. The Morgan fingerprint density at radius 1 is 1.35 bits per heavy atom. The largest absolute Gasteiger partial charge is 0.371 e. The summed E-state index contributed by atoms with van der Waals surface area (Å²) in [5, 5.41) is 0. The van der Waals surface area contributed by atoms with Crippen LogP contribution in [0, 0.1) is 12.8 Å². The first-order chi connectivity index (χ1) is 11.2. The third kappa shape index (κ3) is 2.80. The van der Waals surface area contributed by atoms with Crippen molar-refractivity contribution in [3.63, 3.8) is 0 Å². The number of carbonyl (C=O) groups is 1. The van der Waals surface area contributed by atoms with Crippen LogP contribution < -0.4 is 0 Å². The number of nitrogens with zero attached hydrogens (tertiary/aromatic N) is 3. The van der Waals surface area contributed by atoms with Crippen molar-refractivity contribution in [2.75, 3.05) is 19.7 Å². The minimum Gasteiger partial charge on any atom is -0.371 e.